The third-order valence-electron chi connectivity index (χ3n) is 8.40. The van der Waals surface area contributed by atoms with Crippen molar-refractivity contribution < 1.29 is 23.7 Å². The molecular weight excluding hydrogens is 500 g/mol. The highest BCUT2D eigenvalue weighted by Gasteiger charge is 2.42. The highest BCUT2D eigenvalue weighted by Crippen LogP contribution is 2.35. The van der Waals surface area contributed by atoms with Crippen molar-refractivity contribution in [2.45, 2.75) is 44.6 Å². The second-order valence-electron chi connectivity index (χ2n) is 10.6. The number of hydroxylamine groups is 3. The molecule has 10 heteroatoms. The number of hydrogen-bond donors (Lipinski definition) is 0. The zero-order valence-corrected chi connectivity index (χ0v) is 23.2. The number of piperidine rings is 2. The molecule has 0 radical (unpaired) electrons. The van der Waals surface area contributed by atoms with Gasteiger partial charge in [0.1, 0.15) is 12.3 Å². The van der Waals surface area contributed by atoms with E-state index in [1.165, 1.54) is 0 Å². The maximum Gasteiger partial charge on any atom is 0.337 e. The minimum absolute atomic E-state index is 0.0307. The Balaban J connectivity index is 1.44. The number of benzene rings is 2. The predicted molar refractivity (Wildman–Crippen MR) is 148 cm³/mol. The fourth-order valence-corrected chi connectivity index (χ4v) is 6.34. The molecule has 0 bridgehead atoms. The van der Waals surface area contributed by atoms with Gasteiger partial charge in [-0.05, 0) is 62.1 Å². The Morgan fingerprint density at radius 2 is 1.69 bits per heavy atom. The molecule has 10 nitrogen and oxygen atoms in total. The third-order valence-corrected chi connectivity index (χ3v) is 8.40. The Labute approximate surface area is 228 Å². The number of anilines is 1. The van der Waals surface area contributed by atoms with Crippen LogP contribution in [0.2, 0.25) is 0 Å². The number of ether oxygens (including phenoxy) is 3. The first-order chi connectivity index (χ1) is 18.8. The number of hydrogen-bond acceptors (Lipinski definition) is 7. The topological polar surface area (TPSA) is 98.0 Å². The Kier molecular flexibility index (Phi) is 7.82. The molecule has 2 fully saturated rings. The van der Waals surface area contributed by atoms with Crippen LogP contribution in [0.1, 0.15) is 37.3 Å². The average Bonchev–Trinajstić information content (AvgIpc) is 3.21. The maximum absolute atomic E-state index is 13.9. The van der Waals surface area contributed by atoms with E-state index < -0.39 is 16.6 Å². The smallest absolute Gasteiger partial charge is 0.337 e. The molecule has 0 N–H and O–H groups in total. The lowest BCUT2D eigenvalue weighted by atomic mass is 9.95. The number of aromatic nitrogens is 2. The molecule has 1 aromatic heterocycles. The first kappa shape index (κ1) is 27.4. The van der Waals surface area contributed by atoms with Gasteiger partial charge >= 0.3 is 11.6 Å². The summed E-state index contributed by atoms with van der Waals surface area (Å²) in [6.07, 6.45) is 2.61. The van der Waals surface area contributed by atoms with Gasteiger partial charge in [0.15, 0.2) is 12.3 Å². The van der Waals surface area contributed by atoms with E-state index in [0.717, 1.165) is 42.7 Å². The molecule has 2 aliphatic heterocycles. The summed E-state index contributed by atoms with van der Waals surface area (Å²) in [5, 5.41) is 13.9. The molecule has 2 saturated heterocycles. The van der Waals surface area contributed by atoms with Crippen molar-refractivity contribution >= 4 is 22.6 Å². The zero-order chi connectivity index (χ0) is 27.7. The maximum atomic E-state index is 13.9. The monoisotopic (exact) mass is 538 g/mol. The fourth-order valence-electron chi connectivity index (χ4n) is 6.34. The lowest BCUT2D eigenvalue weighted by Gasteiger charge is -2.45. The molecular formula is C29H38N4O6. The van der Waals surface area contributed by atoms with Gasteiger partial charge in [-0.2, -0.15) is 0 Å². The lowest BCUT2D eigenvalue weighted by molar-refractivity contribution is -0.823. The molecule has 0 saturated carbocycles. The summed E-state index contributed by atoms with van der Waals surface area (Å²) in [5.41, 5.74) is 2.92. The standard InChI is InChI=1S/C29H38N4O6/c1-30-26-23(31-16-14-21(15-17-31)28(38-3)39-4)7-5-8-24(26)32(29(30)35)25-9-6-18-33(36,27(25)34)19-20-10-12-22(37-2)13-11-20/h5,7-8,10-13,21,25,28H,6,9,14-19H2,1-4H3. The van der Waals surface area contributed by atoms with Crippen molar-refractivity contribution in [3.05, 3.63) is 63.7 Å². The first-order valence-corrected chi connectivity index (χ1v) is 13.6. The van der Waals surface area contributed by atoms with Gasteiger partial charge in [0.05, 0.1) is 30.4 Å². The summed E-state index contributed by atoms with van der Waals surface area (Å²) in [6.45, 7) is 1.84. The predicted octanol–water partition coefficient (Wildman–Crippen LogP) is 3.56. The van der Waals surface area contributed by atoms with E-state index in [1.807, 2.05) is 30.3 Å². The average molecular weight is 539 g/mol. The van der Waals surface area contributed by atoms with E-state index in [9.17, 15) is 14.8 Å². The van der Waals surface area contributed by atoms with Crippen molar-refractivity contribution in [2.24, 2.45) is 13.0 Å². The quantitative estimate of drug-likeness (QED) is 0.246. The van der Waals surface area contributed by atoms with Gasteiger partial charge in [-0.1, -0.05) is 6.07 Å². The summed E-state index contributed by atoms with van der Waals surface area (Å²) in [7, 11) is 6.66. The van der Waals surface area contributed by atoms with Crippen molar-refractivity contribution in [1.29, 1.82) is 0 Å². The summed E-state index contributed by atoms with van der Waals surface area (Å²) in [4.78, 5) is 29.7. The Bertz CT molecular complexity index is 1370. The van der Waals surface area contributed by atoms with Gasteiger partial charge in [-0.3, -0.25) is 13.8 Å². The van der Waals surface area contributed by atoms with Crippen LogP contribution in [0.25, 0.3) is 11.0 Å². The van der Waals surface area contributed by atoms with Crippen LogP contribution in [0.3, 0.4) is 0 Å². The number of amides is 1. The minimum Gasteiger partial charge on any atom is -0.625 e. The number of nitrogens with zero attached hydrogens (tertiary/aromatic N) is 4. The third kappa shape index (κ3) is 4.98. The number of aryl methyl sites for hydroxylation is 1. The van der Waals surface area contributed by atoms with E-state index >= 15 is 0 Å². The zero-order valence-electron chi connectivity index (χ0n) is 23.2. The van der Waals surface area contributed by atoms with Crippen molar-refractivity contribution in [3.63, 3.8) is 0 Å². The molecule has 3 heterocycles. The number of imidazole rings is 1. The van der Waals surface area contributed by atoms with Gasteiger partial charge in [0.2, 0.25) is 0 Å². The van der Waals surface area contributed by atoms with E-state index in [0.29, 0.717) is 30.0 Å². The second-order valence-corrected chi connectivity index (χ2v) is 10.6. The van der Waals surface area contributed by atoms with Gasteiger partial charge in [0.25, 0.3) is 0 Å². The number of fused-ring (bicyclic) bond motifs is 1. The number of rotatable bonds is 8. The number of para-hydroxylation sites is 1. The molecule has 210 valence electrons. The van der Waals surface area contributed by atoms with Crippen molar-refractivity contribution in [1.82, 2.24) is 9.13 Å². The molecule has 2 aliphatic rings. The van der Waals surface area contributed by atoms with Crippen LogP contribution in [0.15, 0.2) is 47.3 Å². The van der Waals surface area contributed by atoms with Crippen LogP contribution in [-0.4, -0.2) is 66.9 Å². The SMILES string of the molecule is COc1ccc(C[N+]2([O-])CCCC(n3c(=O)n(C)c4c(N5CCC(C(OC)OC)CC5)cccc43)C2=O)cc1. The number of carbonyl (C=O) groups is 1. The molecule has 39 heavy (non-hydrogen) atoms. The summed E-state index contributed by atoms with van der Waals surface area (Å²) >= 11 is 0. The minimum atomic E-state index is -0.979. The van der Waals surface area contributed by atoms with Crippen LogP contribution < -0.4 is 15.3 Å². The number of methoxy groups -OCH3 is 3. The van der Waals surface area contributed by atoms with Gasteiger partial charge in [0, 0.05) is 45.8 Å². The van der Waals surface area contributed by atoms with Crippen molar-refractivity contribution in [2.75, 3.05) is 45.9 Å². The first-order valence-electron chi connectivity index (χ1n) is 13.6. The van der Waals surface area contributed by atoms with Gasteiger partial charge < -0.3 is 24.3 Å². The summed E-state index contributed by atoms with van der Waals surface area (Å²) in [6, 6.07) is 12.2. The van der Waals surface area contributed by atoms with Crippen molar-refractivity contribution in [3.8, 4) is 5.75 Å². The van der Waals surface area contributed by atoms with E-state index in [2.05, 4.69) is 4.90 Å². The number of carbonyl (C=O) groups excluding carboxylic acids is 1. The van der Waals surface area contributed by atoms with Crippen LogP contribution in [0, 0.1) is 11.1 Å². The largest absolute Gasteiger partial charge is 0.625 e. The lowest BCUT2D eigenvalue weighted by Crippen LogP contribution is -2.55. The van der Waals surface area contributed by atoms with Crippen LogP contribution in [0.5, 0.6) is 5.75 Å². The van der Waals surface area contributed by atoms with Gasteiger partial charge in [-0.15, -0.1) is 0 Å². The molecule has 2 unspecified atom stereocenters. The molecule has 3 aromatic rings. The fraction of sp³-hybridized carbons (Fsp3) is 0.517. The molecule has 2 atom stereocenters. The van der Waals surface area contributed by atoms with E-state index in [4.69, 9.17) is 14.2 Å². The highest BCUT2D eigenvalue weighted by molar-refractivity contribution is 5.91. The Morgan fingerprint density at radius 1 is 1.00 bits per heavy atom. The molecule has 0 spiro atoms. The normalized spacial score (nSPS) is 22.7. The van der Waals surface area contributed by atoms with Crippen LogP contribution in [-0.2, 0) is 27.9 Å². The summed E-state index contributed by atoms with van der Waals surface area (Å²) in [5.74, 6) is 0.527. The number of likely N-dealkylation sites (tertiary alicyclic amines) is 1. The number of quaternary nitrogens is 1. The van der Waals surface area contributed by atoms with Crippen LogP contribution >= 0.6 is 0 Å². The van der Waals surface area contributed by atoms with Gasteiger partial charge in [-0.25, -0.2) is 9.59 Å². The Hall–Kier alpha value is -3.18. The second kappa shape index (κ2) is 11.1. The van der Waals surface area contributed by atoms with Crippen LogP contribution in [0.4, 0.5) is 5.69 Å². The molecule has 1 amide bonds. The Morgan fingerprint density at radius 3 is 2.33 bits per heavy atom. The highest BCUT2D eigenvalue weighted by atomic mass is 16.7. The molecule has 2 aromatic carbocycles. The molecule has 5 rings (SSSR count). The molecule has 0 aliphatic carbocycles. The van der Waals surface area contributed by atoms with E-state index in [-0.39, 0.29) is 25.1 Å². The van der Waals surface area contributed by atoms with E-state index in [1.54, 1.807) is 49.6 Å². The summed E-state index contributed by atoms with van der Waals surface area (Å²) < 4.78 is 18.4.